The van der Waals surface area contributed by atoms with Crippen LogP contribution in [0.1, 0.15) is 59.6 Å². The van der Waals surface area contributed by atoms with Gasteiger partial charge in [0.15, 0.2) is 0 Å². The van der Waals surface area contributed by atoms with Crippen LogP contribution in [0.4, 0.5) is 5.69 Å². The Hall–Kier alpha value is -4.21. The minimum absolute atomic E-state index is 0.102. The third-order valence-corrected chi connectivity index (χ3v) is 8.35. The highest BCUT2D eigenvalue weighted by atomic mass is 35.5. The number of hydrogen-bond donors (Lipinski definition) is 5. The molecule has 2 atom stereocenters. The molecule has 0 saturated heterocycles. The van der Waals surface area contributed by atoms with E-state index in [1.54, 1.807) is 77.9 Å². The number of amides is 2. The van der Waals surface area contributed by atoms with E-state index in [4.69, 9.17) is 26.6 Å². The largest absolute Gasteiger partial charge is 0.463 e. The fourth-order valence-corrected chi connectivity index (χ4v) is 5.11. The van der Waals surface area contributed by atoms with Crippen LogP contribution < -0.4 is 20.8 Å². The van der Waals surface area contributed by atoms with Gasteiger partial charge in [-0.3, -0.25) is 19.8 Å². The predicted molar refractivity (Wildman–Crippen MR) is 182 cm³/mol. The van der Waals surface area contributed by atoms with Crippen LogP contribution in [0.3, 0.4) is 0 Å². The molecular formula is C32H45ClN6O8S. The number of ether oxygens (including phenoxy) is 1. The standard InChI is InChI=1S/C32H45ClN6O8S/c1-20(26(40)35-17-21-11-15-24(16-12-21)36-30(34)37-47-29(43)32(5,6)7)39(8)27(41)25(18-46-28(42)31(2,3)4)38-48(44,45)19-22-9-13-23(33)14-10-22/h9-16,20,25,38H,17-19H2,1-8H3,(H,35,40)(H3,34,36,37)/t20-,25?/m0/s1. The number of carbonyl (C=O) groups excluding carboxylic acids is 4. The van der Waals surface area contributed by atoms with Gasteiger partial charge < -0.3 is 25.1 Å². The minimum Gasteiger partial charge on any atom is -0.463 e. The average molecular weight is 709 g/mol. The first-order valence-electron chi connectivity index (χ1n) is 15.0. The number of guanidine groups is 1. The molecule has 0 fully saturated rings. The van der Waals surface area contributed by atoms with Crippen LogP contribution in [0.15, 0.2) is 48.5 Å². The predicted octanol–water partition coefficient (Wildman–Crippen LogP) is 3.32. The van der Waals surface area contributed by atoms with E-state index in [0.717, 1.165) is 4.90 Å². The number of hydrogen-bond acceptors (Lipinski definition) is 9. The quantitative estimate of drug-likeness (QED) is 0.0944. The second-order valence-corrected chi connectivity index (χ2v) is 15.4. The van der Waals surface area contributed by atoms with Crippen molar-refractivity contribution < 1.29 is 37.2 Å². The number of sulfonamides is 1. The van der Waals surface area contributed by atoms with Crippen molar-refractivity contribution >= 4 is 57.0 Å². The fourth-order valence-electron chi connectivity index (χ4n) is 3.67. The molecule has 0 spiro atoms. The van der Waals surface area contributed by atoms with Gasteiger partial charge in [0.05, 0.1) is 16.6 Å². The van der Waals surface area contributed by atoms with Gasteiger partial charge in [-0.25, -0.2) is 13.2 Å². The van der Waals surface area contributed by atoms with Crippen molar-refractivity contribution in [1.82, 2.24) is 20.4 Å². The van der Waals surface area contributed by atoms with Gasteiger partial charge in [0, 0.05) is 24.3 Å². The summed E-state index contributed by atoms with van der Waals surface area (Å²) in [5.74, 6) is -3.18. The molecule has 2 rings (SSSR count). The lowest BCUT2D eigenvalue weighted by Crippen LogP contribution is -2.55. The van der Waals surface area contributed by atoms with Crippen LogP contribution in [-0.2, 0) is 51.1 Å². The lowest BCUT2D eigenvalue weighted by molar-refractivity contribution is -0.157. The summed E-state index contributed by atoms with van der Waals surface area (Å²) >= 11 is 5.89. The van der Waals surface area contributed by atoms with Crippen molar-refractivity contribution in [1.29, 1.82) is 5.41 Å². The first kappa shape index (κ1) is 40.0. The molecule has 0 aliphatic heterocycles. The van der Waals surface area contributed by atoms with Gasteiger partial charge >= 0.3 is 11.9 Å². The molecule has 2 amide bonds. The summed E-state index contributed by atoms with van der Waals surface area (Å²) in [5, 5.41) is 13.8. The van der Waals surface area contributed by atoms with Crippen LogP contribution in [0.5, 0.6) is 0 Å². The van der Waals surface area contributed by atoms with E-state index < -0.39 is 69.0 Å². The number of anilines is 1. The van der Waals surface area contributed by atoms with E-state index >= 15 is 0 Å². The number of nitrogens with zero attached hydrogens (tertiary/aromatic N) is 1. The molecule has 0 aliphatic carbocycles. The van der Waals surface area contributed by atoms with Crippen LogP contribution in [0.25, 0.3) is 0 Å². The summed E-state index contributed by atoms with van der Waals surface area (Å²) in [5.41, 5.74) is 2.25. The number of halogens is 1. The molecule has 0 bridgehead atoms. The lowest BCUT2D eigenvalue weighted by Gasteiger charge is -2.29. The molecule has 14 nitrogen and oxygen atoms in total. The average Bonchev–Trinajstić information content (AvgIpc) is 3.00. The van der Waals surface area contributed by atoms with E-state index in [-0.39, 0.29) is 12.5 Å². The van der Waals surface area contributed by atoms with E-state index in [2.05, 4.69) is 20.8 Å². The van der Waals surface area contributed by atoms with Gasteiger partial charge in [-0.1, -0.05) is 35.9 Å². The van der Waals surface area contributed by atoms with Gasteiger partial charge in [0.1, 0.15) is 18.7 Å². The number of nitrogens with one attached hydrogen (secondary N) is 5. The van der Waals surface area contributed by atoms with Crippen LogP contribution in [-0.4, -0.2) is 68.8 Å². The van der Waals surface area contributed by atoms with Gasteiger partial charge in [0.2, 0.25) is 27.8 Å². The van der Waals surface area contributed by atoms with E-state index in [9.17, 15) is 27.6 Å². The highest BCUT2D eigenvalue weighted by Gasteiger charge is 2.34. The zero-order chi connectivity index (χ0) is 36.4. The number of esters is 1. The maximum absolute atomic E-state index is 13.5. The second-order valence-electron chi connectivity index (χ2n) is 13.2. The summed E-state index contributed by atoms with van der Waals surface area (Å²) in [6.45, 7) is 10.9. The summed E-state index contributed by atoms with van der Waals surface area (Å²) in [6, 6.07) is 10.3. The minimum atomic E-state index is -4.10. The Bertz CT molecular complexity index is 1570. The van der Waals surface area contributed by atoms with Crippen molar-refractivity contribution in [2.24, 2.45) is 10.8 Å². The molecule has 0 saturated carbocycles. The van der Waals surface area contributed by atoms with Crippen LogP contribution in [0, 0.1) is 16.2 Å². The molecule has 264 valence electrons. The zero-order valence-corrected chi connectivity index (χ0v) is 30.0. The summed E-state index contributed by atoms with van der Waals surface area (Å²) in [7, 11) is -2.75. The third kappa shape index (κ3) is 13.1. The molecule has 0 heterocycles. The lowest BCUT2D eigenvalue weighted by atomic mass is 9.97. The number of carbonyl (C=O) groups is 4. The molecule has 48 heavy (non-hydrogen) atoms. The van der Waals surface area contributed by atoms with Crippen LogP contribution in [0.2, 0.25) is 5.02 Å². The van der Waals surface area contributed by atoms with Gasteiger partial charge in [-0.15, -0.1) is 0 Å². The summed E-state index contributed by atoms with van der Waals surface area (Å²) < 4.78 is 33.7. The van der Waals surface area contributed by atoms with Gasteiger partial charge in [-0.05, 0) is 83.9 Å². The number of likely N-dealkylation sites (N-methyl/N-ethyl adjacent to an activating group) is 1. The molecule has 2 aromatic rings. The van der Waals surface area contributed by atoms with Gasteiger partial charge in [-0.2, -0.15) is 10.2 Å². The van der Waals surface area contributed by atoms with Crippen molar-refractivity contribution in [3.05, 3.63) is 64.7 Å². The highest BCUT2D eigenvalue weighted by Crippen LogP contribution is 2.17. The van der Waals surface area contributed by atoms with E-state index in [1.807, 2.05) is 0 Å². The van der Waals surface area contributed by atoms with Crippen molar-refractivity contribution in [3.8, 4) is 0 Å². The topological polar surface area (TPSA) is 196 Å². The molecule has 2 aromatic carbocycles. The Balaban J connectivity index is 2.03. The van der Waals surface area contributed by atoms with Crippen molar-refractivity contribution in [2.75, 3.05) is 19.0 Å². The second kappa shape index (κ2) is 16.8. The Kier molecular flexibility index (Phi) is 13.9. The summed E-state index contributed by atoms with van der Waals surface area (Å²) in [6.07, 6.45) is 0. The SMILES string of the molecule is C[C@@H](C(=O)NCc1ccc(NC(=N)NOC(=O)C(C)(C)C)cc1)N(C)C(=O)C(COC(=O)C(C)(C)C)NS(=O)(=O)Cc1ccc(Cl)cc1. The normalized spacial score (nSPS) is 13.0. The molecule has 0 radical (unpaired) electrons. The molecule has 16 heteroatoms. The monoisotopic (exact) mass is 708 g/mol. The van der Waals surface area contributed by atoms with Crippen LogP contribution >= 0.6 is 11.6 Å². The Labute approximate surface area is 286 Å². The van der Waals surface area contributed by atoms with E-state index in [0.29, 0.717) is 21.8 Å². The molecular weight excluding hydrogens is 664 g/mol. The van der Waals surface area contributed by atoms with Crippen molar-refractivity contribution in [3.63, 3.8) is 0 Å². The molecule has 0 aromatic heterocycles. The Morgan fingerprint density at radius 3 is 1.98 bits per heavy atom. The number of hydroxylamine groups is 1. The first-order valence-corrected chi connectivity index (χ1v) is 17.0. The first-order chi connectivity index (χ1) is 22.1. The number of rotatable bonds is 12. The van der Waals surface area contributed by atoms with Crippen molar-refractivity contribution in [2.45, 2.75) is 72.8 Å². The molecule has 1 unspecified atom stereocenters. The fraction of sp³-hybridized carbons (Fsp3) is 0.469. The smallest absolute Gasteiger partial charge is 0.337 e. The van der Waals surface area contributed by atoms with E-state index in [1.165, 1.54) is 26.1 Å². The maximum atomic E-state index is 13.5. The third-order valence-electron chi connectivity index (χ3n) is 6.74. The zero-order valence-electron chi connectivity index (χ0n) is 28.4. The molecule has 0 aliphatic rings. The Morgan fingerprint density at radius 2 is 1.44 bits per heavy atom. The maximum Gasteiger partial charge on any atom is 0.337 e. The van der Waals surface area contributed by atoms with Gasteiger partial charge in [0.25, 0.3) is 0 Å². The highest BCUT2D eigenvalue weighted by molar-refractivity contribution is 7.88. The summed E-state index contributed by atoms with van der Waals surface area (Å²) in [4.78, 5) is 56.8. The number of benzene rings is 2. The Morgan fingerprint density at radius 1 is 0.896 bits per heavy atom. The molecule has 5 N–H and O–H groups in total.